The fraction of sp³-hybridized carbons (Fsp3) is 0.333. The Kier molecular flexibility index (Phi) is 5.82. The van der Waals surface area contributed by atoms with Crippen LogP contribution in [0.2, 0.25) is 0 Å². The second kappa shape index (κ2) is 7.14. The van der Waals surface area contributed by atoms with Crippen molar-refractivity contribution in [2.75, 3.05) is 5.88 Å². The van der Waals surface area contributed by atoms with Crippen molar-refractivity contribution in [3.05, 3.63) is 35.4 Å². The Hall–Kier alpha value is -1.76. The lowest BCUT2D eigenvalue weighted by Gasteiger charge is -2.13. The van der Waals surface area contributed by atoms with Crippen LogP contribution in [0.4, 0.5) is 18.0 Å². The molecule has 0 heterocycles. The number of alkyl halides is 4. The van der Waals surface area contributed by atoms with Crippen LogP contribution in [0.3, 0.4) is 0 Å². The molecule has 0 saturated heterocycles. The Labute approximate surface area is 118 Å². The molecule has 1 aromatic rings. The first-order chi connectivity index (χ1) is 9.34. The number of hydrogen-bond acceptors (Lipinski definition) is 2. The van der Waals surface area contributed by atoms with Gasteiger partial charge in [-0.3, -0.25) is 10.1 Å². The fourth-order valence-electron chi connectivity index (χ4n) is 1.45. The summed E-state index contributed by atoms with van der Waals surface area (Å²) in [5.41, 5.74) is -0.910. The van der Waals surface area contributed by atoms with Gasteiger partial charge in [0.2, 0.25) is 5.91 Å². The van der Waals surface area contributed by atoms with E-state index in [1.54, 1.807) is 0 Å². The smallest absolute Gasteiger partial charge is 0.334 e. The van der Waals surface area contributed by atoms with Crippen molar-refractivity contribution in [2.24, 2.45) is 0 Å². The number of nitrogens with one attached hydrogen (secondary N) is 2. The largest absolute Gasteiger partial charge is 0.416 e. The van der Waals surface area contributed by atoms with Gasteiger partial charge in [0.15, 0.2) is 0 Å². The van der Waals surface area contributed by atoms with E-state index in [2.05, 4.69) is 5.32 Å². The van der Waals surface area contributed by atoms with E-state index in [4.69, 9.17) is 11.6 Å². The maximum absolute atomic E-state index is 12.7. The van der Waals surface area contributed by atoms with Crippen molar-refractivity contribution < 1.29 is 22.8 Å². The van der Waals surface area contributed by atoms with Gasteiger partial charge in [0.25, 0.3) is 0 Å². The molecular weight excluding hydrogens is 297 g/mol. The van der Waals surface area contributed by atoms with Crippen LogP contribution in [0.1, 0.15) is 17.5 Å². The molecule has 0 unspecified atom stereocenters. The molecule has 0 fully saturated rings. The van der Waals surface area contributed by atoms with Gasteiger partial charge >= 0.3 is 12.2 Å². The lowest BCUT2D eigenvalue weighted by molar-refractivity contribution is -0.138. The number of halogens is 4. The van der Waals surface area contributed by atoms with Gasteiger partial charge < -0.3 is 5.32 Å². The molecule has 2 N–H and O–H groups in total. The Balaban J connectivity index is 2.62. The van der Waals surface area contributed by atoms with Crippen molar-refractivity contribution in [1.29, 1.82) is 0 Å². The Bertz CT molecular complexity index is 492. The zero-order valence-electron chi connectivity index (χ0n) is 10.3. The summed E-state index contributed by atoms with van der Waals surface area (Å²) in [7, 11) is 0. The highest BCUT2D eigenvalue weighted by molar-refractivity contribution is 6.19. The van der Waals surface area contributed by atoms with E-state index >= 15 is 0 Å². The second-order valence-corrected chi connectivity index (χ2v) is 4.20. The van der Waals surface area contributed by atoms with E-state index < -0.39 is 23.7 Å². The minimum Gasteiger partial charge on any atom is -0.334 e. The average Bonchev–Trinajstić information content (AvgIpc) is 2.36. The lowest BCUT2D eigenvalue weighted by Crippen LogP contribution is -2.39. The maximum atomic E-state index is 12.7. The predicted octanol–water partition coefficient (Wildman–Crippen LogP) is 2.66. The fourth-order valence-corrected chi connectivity index (χ4v) is 1.62. The zero-order valence-corrected chi connectivity index (χ0v) is 11.0. The third-order valence-corrected chi connectivity index (χ3v) is 2.53. The van der Waals surface area contributed by atoms with Gasteiger partial charge in [-0.05, 0) is 11.6 Å². The van der Waals surface area contributed by atoms with Gasteiger partial charge in [0.1, 0.15) is 0 Å². The van der Waals surface area contributed by atoms with Gasteiger partial charge in [-0.15, -0.1) is 11.6 Å². The van der Waals surface area contributed by atoms with Gasteiger partial charge in [-0.2, -0.15) is 13.2 Å². The van der Waals surface area contributed by atoms with Crippen LogP contribution >= 0.6 is 11.6 Å². The predicted molar refractivity (Wildman–Crippen MR) is 67.2 cm³/mol. The van der Waals surface area contributed by atoms with E-state index in [0.717, 1.165) is 6.07 Å². The summed E-state index contributed by atoms with van der Waals surface area (Å²) in [4.78, 5) is 22.3. The number of carbonyl (C=O) groups is 2. The van der Waals surface area contributed by atoms with Crippen LogP contribution in [0, 0.1) is 0 Å². The van der Waals surface area contributed by atoms with Gasteiger partial charge in [-0.25, -0.2) is 4.79 Å². The molecular formula is C12H12ClF3N2O2. The standard InChI is InChI=1S/C12H12ClF3N2O2/c13-6-5-10(19)18-11(20)17-7-8-3-1-2-4-9(8)12(14,15)16/h1-4H,5-7H2,(H2,17,18,19,20). The summed E-state index contributed by atoms with van der Waals surface area (Å²) in [6.45, 7) is -0.338. The van der Waals surface area contributed by atoms with E-state index in [-0.39, 0.29) is 24.4 Å². The summed E-state index contributed by atoms with van der Waals surface area (Å²) in [5, 5.41) is 4.14. The number of rotatable bonds is 4. The third kappa shape index (κ3) is 5.08. The molecule has 0 aliphatic carbocycles. The molecule has 0 atom stereocenters. The molecule has 0 bridgehead atoms. The number of benzene rings is 1. The van der Waals surface area contributed by atoms with Gasteiger partial charge in [0.05, 0.1) is 5.56 Å². The summed E-state index contributed by atoms with van der Waals surface area (Å²) >= 11 is 5.31. The second-order valence-electron chi connectivity index (χ2n) is 3.82. The van der Waals surface area contributed by atoms with E-state index in [9.17, 15) is 22.8 Å². The first-order valence-corrected chi connectivity index (χ1v) is 6.16. The van der Waals surface area contributed by atoms with Crippen molar-refractivity contribution >= 4 is 23.5 Å². The molecule has 8 heteroatoms. The Morgan fingerprint density at radius 3 is 2.45 bits per heavy atom. The van der Waals surface area contributed by atoms with Crippen molar-refractivity contribution in [3.63, 3.8) is 0 Å². The quantitative estimate of drug-likeness (QED) is 0.840. The molecule has 0 aromatic heterocycles. The normalized spacial score (nSPS) is 11.0. The van der Waals surface area contributed by atoms with Crippen molar-refractivity contribution in [1.82, 2.24) is 10.6 Å². The number of hydrogen-bond donors (Lipinski definition) is 2. The molecule has 0 aliphatic heterocycles. The molecule has 1 aromatic carbocycles. The monoisotopic (exact) mass is 308 g/mol. The van der Waals surface area contributed by atoms with Crippen LogP contribution in [-0.2, 0) is 17.5 Å². The molecule has 110 valence electrons. The van der Waals surface area contributed by atoms with Crippen molar-refractivity contribution in [2.45, 2.75) is 19.1 Å². The number of carbonyl (C=O) groups excluding carboxylic acids is 2. The van der Waals surface area contributed by atoms with E-state index in [1.165, 1.54) is 18.2 Å². The summed E-state index contributed by atoms with van der Waals surface area (Å²) in [5.74, 6) is -0.544. The SMILES string of the molecule is O=C(CCCl)NC(=O)NCc1ccccc1C(F)(F)F. The van der Waals surface area contributed by atoms with Gasteiger partial charge in [-0.1, -0.05) is 18.2 Å². The molecule has 20 heavy (non-hydrogen) atoms. The molecule has 0 spiro atoms. The summed E-state index contributed by atoms with van der Waals surface area (Å²) in [6.07, 6.45) is -4.54. The van der Waals surface area contributed by atoms with Crippen LogP contribution in [0.15, 0.2) is 24.3 Å². The van der Waals surface area contributed by atoms with Crippen LogP contribution in [0.5, 0.6) is 0 Å². The van der Waals surface area contributed by atoms with Crippen LogP contribution in [-0.4, -0.2) is 17.8 Å². The molecule has 3 amide bonds. The maximum Gasteiger partial charge on any atom is 0.416 e. The minimum absolute atomic E-state index is 0.0475. The first-order valence-electron chi connectivity index (χ1n) is 5.63. The average molecular weight is 309 g/mol. The molecule has 0 saturated carbocycles. The molecule has 1 rings (SSSR count). The topological polar surface area (TPSA) is 58.2 Å². The summed E-state index contributed by atoms with van der Waals surface area (Å²) < 4.78 is 38.1. The Morgan fingerprint density at radius 2 is 1.85 bits per heavy atom. The minimum atomic E-state index is -4.50. The highest BCUT2D eigenvalue weighted by Gasteiger charge is 2.32. The molecule has 0 radical (unpaired) electrons. The van der Waals surface area contributed by atoms with Crippen LogP contribution < -0.4 is 10.6 Å². The number of amides is 3. The highest BCUT2D eigenvalue weighted by Crippen LogP contribution is 2.31. The number of urea groups is 1. The molecule has 4 nitrogen and oxygen atoms in total. The van der Waals surface area contributed by atoms with E-state index in [1.807, 2.05) is 5.32 Å². The van der Waals surface area contributed by atoms with Crippen molar-refractivity contribution in [3.8, 4) is 0 Å². The third-order valence-electron chi connectivity index (χ3n) is 2.34. The first kappa shape index (κ1) is 16.3. The van der Waals surface area contributed by atoms with E-state index in [0.29, 0.717) is 0 Å². The summed E-state index contributed by atoms with van der Waals surface area (Å²) in [6, 6.07) is 4.01. The van der Waals surface area contributed by atoms with Crippen LogP contribution in [0.25, 0.3) is 0 Å². The highest BCUT2D eigenvalue weighted by atomic mass is 35.5. The number of imide groups is 1. The molecule has 0 aliphatic rings. The zero-order chi connectivity index (χ0) is 15.2. The van der Waals surface area contributed by atoms with Gasteiger partial charge in [0, 0.05) is 18.8 Å². The Morgan fingerprint density at radius 1 is 1.20 bits per heavy atom. The lowest BCUT2D eigenvalue weighted by atomic mass is 10.1.